The van der Waals surface area contributed by atoms with Crippen molar-refractivity contribution in [1.29, 1.82) is 0 Å². The van der Waals surface area contributed by atoms with Crippen LogP contribution in [0.1, 0.15) is 54.1 Å². The van der Waals surface area contributed by atoms with E-state index < -0.39 is 6.10 Å². The molecule has 0 aliphatic carbocycles. The quantitative estimate of drug-likeness (QED) is 0.676. The molecule has 0 saturated heterocycles. The summed E-state index contributed by atoms with van der Waals surface area (Å²) in [6, 6.07) is 9.57. The van der Waals surface area contributed by atoms with Gasteiger partial charge in [0.05, 0.1) is 11.3 Å². The molecule has 0 spiro atoms. The number of hydrogen-bond acceptors (Lipinski definition) is 5. The fraction of sp³-hybridized carbons (Fsp3) is 0.350. The van der Waals surface area contributed by atoms with Gasteiger partial charge in [-0.15, -0.1) is 11.3 Å². The average Bonchev–Trinajstić information content (AvgIpc) is 2.91. The lowest BCUT2D eigenvalue weighted by molar-refractivity contribution is -0.151. The molecule has 0 bridgehead atoms. The molecule has 0 saturated carbocycles. The van der Waals surface area contributed by atoms with Crippen LogP contribution in [0.3, 0.4) is 0 Å². The highest BCUT2D eigenvalue weighted by atomic mass is 32.1. The number of ether oxygens (including phenoxy) is 1. The van der Waals surface area contributed by atoms with E-state index in [9.17, 15) is 9.59 Å². The smallest absolute Gasteiger partial charge is 0.314 e. The third-order valence-corrected chi connectivity index (χ3v) is 5.73. The Morgan fingerprint density at radius 3 is 2.62 bits per heavy atom. The molecule has 0 radical (unpaired) electrons. The van der Waals surface area contributed by atoms with Gasteiger partial charge in [0.2, 0.25) is 0 Å². The summed E-state index contributed by atoms with van der Waals surface area (Å²) in [4.78, 5) is 34.1. The predicted molar refractivity (Wildman–Crippen MR) is 104 cm³/mol. The molecular weight excluding hydrogens is 348 g/mol. The Kier molecular flexibility index (Phi) is 5.23. The van der Waals surface area contributed by atoms with E-state index in [4.69, 9.17) is 4.74 Å². The van der Waals surface area contributed by atoms with Gasteiger partial charge in [0.1, 0.15) is 4.83 Å². The second-order valence-electron chi connectivity index (χ2n) is 6.37. The van der Waals surface area contributed by atoms with Crippen molar-refractivity contribution >= 4 is 27.5 Å². The van der Waals surface area contributed by atoms with E-state index in [0.717, 1.165) is 16.0 Å². The Morgan fingerprint density at radius 1 is 1.27 bits per heavy atom. The monoisotopic (exact) mass is 370 g/mol. The number of carbonyl (C=O) groups is 1. The first-order chi connectivity index (χ1) is 12.4. The Balaban J connectivity index is 1.85. The zero-order valence-corrected chi connectivity index (χ0v) is 16.1. The van der Waals surface area contributed by atoms with Gasteiger partial charge in [-0.2, -0.15) is 0 Å². The Hall–Kier alpha value is -2.47. The maximum absolute atomic E-state index is 12.6. The molecule has 0 amide bonds. The summed E-state index contributed by atoms with van der Waals surface area (Å²) in [7, 11) is 0. The van der Waals surface area contributed by atoms with Crippen molar-refractivity contribution < 1.29 is 9.53 Å². The number of nitrogens with one attached hydrogen (secondary N) is 1. The van der Waals surface area contributed by atoms with Gasteiger partial charge < -0.3 is 9.72 Å². The molecule has 0 aliphatic rings. The van der Waals surface area contributed by atoms with Crippen LogP contribution in [0.2, 0.25) is 0 Å². The van der Waals surface area contributed by atoms with Crippen molar-refractivity contribution in [3.05, 3.63) is 62.5 Å². The van der Waals surface area contributed by atoms with Gasteiger partial charge in [0.15, 0.2) is 11.9 Å². The molecule has 5 nitrogen and oxygen atoms in total. The number of rotatable bonds is 5. The number of hydrogen-bond donors (Lipinski definition) is 1. The highest BCUT2D eigenvalue weighted by molar-refractivity contribution is 7.18. The number of thiophene rings is 1. The average molecular weight is 370 g/mol. The van der Waals surface area contributed by atoms with Gasteiger partial charge in [-0.05, 0) is 38.3 Å². The van der Waals surface area contributed by atoms with Gasteiger partial charge in [-0.3, -0.25) is 9.59 Å². The van der Waals surface area contributed by atoms with Gasteiger partial charge in [0.25, 0.3) is 5.56 Å². The van der Waals surface area contributed by atoms with E-state index in [-0.39, 0.29) is 17.4 Å². The van der Waals surface area contributed by atoms with E-state index >= 15 is 0 Å². The lowest BCUT2D eigenvalue weighted by Gasteiger charge is -2.18. The highest BCUT2D eigenvalue weighted by Gasteiger charge is 2.24. The molecule has 3 aromatic rings. The van der Waals surface area contributed by atoms with E-state index in [1.165, 1.54) is 11.3 Å². The number of benzene rings is 1. The zero-order chi connectivity index (χ0) is 18.8. The second-order valence-corrected chi connectivity index (χ2v) is 7.57. The summed E-state index contributed by atoms with van der Waals surface area (Å²) in [5.74, 6) is -0.271. The maximum atomic E-state index is 12.6. The van der Waals surface area contributed by atoms with Crippen LogP contribution in [0.15, 0.2) is 35.1 Å². The lowest BCUT2D eigenvalue weighted by Crippen LogP contribution is -2.20. The molecule has 6 heteroatoms. The van der Waals surface area contributed by atoms with Crippen molar-refractivity contribution in [3.63, 3.8) is 0 Å². The van der Waals surface area contributed by atoms with Crippen LogP contribution in [-0.2, 0) is 9.53 Å². The number of fused-ring (bicyclic) bond motifs is 1. The molecule has 3 rings (SSSR count). The lowest BCUT2D eigenvalue weighted by atomic mass is 9.97. The third-order valence-electron chi connectivity index (χ3n) is 4.63. The fourth-order valence-corrected chi connectivity index (χ4v) is 4.04. The minimum absolute atomic E-state index is 0.190. The molecule has 2 heterocycles. The summed E-state index contributed by atoms with van der Waals surface area (Å²) in [6.07, 6.45) is 0.0158. The SMILES string of the molecule is CC[C@H](C(=O)O[C@H](C)c1nc2sc(C)c(C)c2c(=O)[nH]1)c1ccccc1. The minimum Gasteiger partial charge on any atom is -0.454 e. The normalized spacial score (nSPS) is 13.5. The van der Waals surface area contributed by atoms with Crippen LogP contribution < -0.4 is 5.56 Å². The number of esters is 1. The topological polar surface area (TPSA) is 72.0 Å². The Labute approximate surface area is 156 Å². The molecule has 0 fully saturated rings. The fourth-order valence-electron chi connectivity index (χ4n) is 3.00. The second kappa shape index (κ2) is 7.41. The standard InChI is InChI=1S/C20H22N2O3S/c1-5-15(14-9-7-6-8-10-14)20(24)25-12(3)17-21-18(23)16-11(2)13(4)26-19(16)22-17/h6-10,12,15H,5H2,1-4H3,(H,21,22,23)/t12-,15+/m1/s1. The molecule has 26 heavy (non-hydrogen) atoms. The van der Waals surface area contributed by atoms with E-state index in [1.54, 1.807) is 6.92 Å². The first kappa shape index (κ1) is 18.3. The van der Waals surface area contributed by atoms with Gasteiger partial charge in [0, 0.05) is 4.88 Å². The number of H-pyrrole nitrogens is 1. The molecule has 2 aromatic heterocycles. The number of carbonyl (C=O) groups excluding carboxylic acids is 1. The number of aromatic amines is 1. The van der Waals surface area contributed by atoms with Gasteiger partial charge in [-0.25, -0.2) is 4.98 Å². The van der Waals surface area contributed by atoms with Gasteiger partial charge in [-0.1, -0.05) is 37.3 Å². The van der Waals surface area contributed by atoms with Crippen molar-refractivity contribution in [2.24, 2.45) is 0 Å². The Morgan fingerprint density at radius 2 is 1.96 bits per heavy atom. The third kappa shape index (κ3) is 3.42. The molecular formula is C20H22N2O3S. The molecule has 136 valence electrons. The zero-order valence-electron chi connectivity index (χ0n) is 15.3. The van der Waals surface area contributed by atoms with Crippen LogP contribution in [0, 0.1) is 13.8 Å². The van der Waals surface area contributed by atoms with Crippen molar-refractivity contribution in [3.8, 4) is 0 Å². The predicted octanol–water partition coefficient (Wildman–Crippen LogP) is 4.40. The molecule has 1 N–H and O–H groups in total. The van der Waals surface area contributed by atoms with Crippen LogP contribution in [0.25, 0.3) is 10.2 Å². The number of aromatic nitrogens is 2. The van der Waals surface area contributed by atoms with E-state index in [1.807, 2.05) is 51.1 Å². The van der Waals surface area contributed by atoms with Crippen molar-refractivity contribution in [2.75, 3.05) is 0 Å². The number of aryl methyl sites for hydroxylation is 2. The minimum atomic E-state index is -0.625. The van der Waals surface area contributed by atoms with Crippen LogP contribution in [0.5, 0.6) is 0 Å². The Bertz CT molecular complexity index is 991. The first-order valence-corrected chi connectivity index (χ1v) is 9.49. The van der Waals surface area contributed by atoms with Gasteiger partial charge >= 0.3 is 5.97 Å². The van der Waals surface area contributed by atoms with Crippen molar-refractivity contribution in [2.45, 2.75) is 46.1 Å². The highest BCUT2D eigenvalue weighted by Crippen LogP contribution is 2.28. The molecule has 0 aliphatic heterocycles. The summed E-state index contributed by atoms with van der Waals surface area (Å²) < 4.78 is 5.62. The summed E-state index contributed by atoms with van der Waals surface area (Å²) in [6.45, 7) is 7.57. The van der Waals surface area contributed by atoms with Crippen molar-refractivity contribution in [1.82, 2.24) is 9.97 Å². The maximum Gasteiger partial charge on any atom is 0.314 e. The first-order valence-electron chi connectivity index (χ1n) is 8.67. The van der Waals surface area contributed by atoms with E-state index in [0.29, 0.717) is 22.5 Å². The van der Waals surface area contributed by atoms with Crippen LogP contribution in [0.4, 0.5) is 0 Å². The summed E-state index contributed by atoms with van der Waals surface area (Å²) in [5, 5.41) is 0.616. The molecule has 0 unspecified atom stereocenters. The summed E-state index contributed by atoms with van der Waals surface area (Å²) in [5.41, 5.74) is 1.68. The molecule has 1 aromatic carbocycles. The number of nitrogens with zero attached hydrogens (tertiary/aromatic N) is 1. The van der Waals surface area contributed by atoms with Crippen LogP contribution >= 0.6 is 11.3 Å². The van der Waals surface area contributed by atoms with Crippen LogP contribution in [-0.4, -0.2) is 15.9 Å². The molecule has 2 atom stereocenters. The largest absolute Gasteiger partial charge is 0.454 e. The van der Waals surface area contributed by atoms with E-state index in [2.05, 4.69) is 9.97 Å². The summed E-state index contributed by atoms with van der Waals surface area (Å²) >= 11 is 1.48.